The maximum Gasteiger partial charge on any atom is 0.337 e. The smallest absolute Gasteiger partial charge is 0.337 e. The van der Waals surface area contributed by atoms with Crippen molar-refractivity contribution in [2.45, 2.75) is 39.7 Å². The minimum Gasteiger partial charge on any atom is -0.478 e. The molecule has 1 unspecified atom stereocenters. The maximum atomic E-state index is 11.8. The lowest BCUT2D eigenvalue weighted by atomic mass is 10.1. The van der Waals surface area contributed by atoms with Gasteiger partial charge in [0, 0.05) is 6.04 Å². The van der Waals surface area contributed by atoms with Crippen LogP contribution in [0.1, 0.15) is 53.2 Å². The third-order valence-corrected chi connectivity index (χ3v) is 2.65. The van der Waals surface area contributed by atoms with Gasteiger partial charge in [0.15, 0.2) is 0 Å². The molecule has 0 aliphatic heterocycles. The van der Waals surface area contributed by atoms with Crippen molar-refractivity contribution >= 4 is 11.9 Å². The summed E-state index contributed by atoms with van der Waals surface area (Å²) < 4.78 is 0. The van der Waals surface area contributed by atoms with Gasteiger partial charge < -0.3 is 10.4 Å². The van der Waals surface area contributed by atoms with E-state index in [4.69, 9.17) is 5.11 Å². The third kappa shape index (κ3) is 3.55. The monoisotopic (exact) mass is 250 g/mol. The Balaban J connectivity index is 2.81. The van der Waals surface area contributed by atoms with Gasteiger partial charge in [-0.15, -0.1) is 0 Å². The van der Waals surface area contributed by atoms with Crippen LogP contribution in [0, 0.1) is 6.92 Å². The SMILES string of the molecule is CCCC(C)NC(=O)c1ccc(C(=O)O)c(C)n1. The molecule has 5 heteroatoms. The molecule has 18 heavy (non-hydrogen) atoms. The Morgan fingerprint density at radius 1 is 1.44 bits per heavy atom. The number of carbonyl (C=O) groups excluding carboxylic acids is 1. The van der Waals surface area contributed by atoms with E-state index in [0.29, 0.717) is 5.69 Å². The second-order valence-electron chi connectivity index (χ2n) is 4.30. The molecule has 1 rings (SSSR count). The highest BCUT2D eigenvalue weighted by atomic mass is 16.4. The molecule has 0 spiro atoms. The van der Waals surface area contributed by atoms with E-state index in [-0.39, 0.29) is 23.2 Å². The largest absolute Gasteiger partial charge is 0.478 e. The predicted octanol–water partition coefficient (Wildman–Crippen LogP) is 2.01. The van der Waals surface area contributed by atoms with Gasteiger partial charge in [-0.1, -0.05) is 13.3 Å². The molecular weight excluding hydrogens is 232 g/mol. The number of aromatic nitrogens is 1. The Morgan fingerprint density at radius 2 is 2.11 bits per heavy atom. The number of carboxylic acids is 1. The Bertz CT molecular complexity index is 458. The van der Waals surface area contributed by atoms with Crippen LogP contribution in [-0.4, -0.2) is 28.0 Å². The molecule has 0 bridgehead atoms. The molecule has 0 aromatic carbocycles. The van der Waals surface area contributed by atoms with Crippen LogP contribution in [0.15, 0.2) is 12.1 Å². The zero-order valence-electron chi connectivity index (χ0n) is 10.9. The summed E-state index contributed by atoms with van der Waals surface area (Å²) in [5.74, 6) is -1.30. The van der Waals surface area contributed by atoms with Crippen molar-refractivity contribution in [3.63, 3.8) is 0 Å². The Labute approximate surface area is 106 Å². The van der Waals surface area contributed by atoms with Crippen LogP contribution < -0.4 is 5.32 Å². The van der Waals surface area contributed by atoms with Crippen molar-refractivity contribution in [1.82, 2.24) is 10.3 Å². The normalized spacial score (nSPS) is 11.9. The van der Waals surface area contributed by atoms with Crippen LogP contribution in [0.3, 0.4) is 0 Å². The molecule has 0 aliphatic rings. The summed E-state index contributed by atoms with van der Waals surface area (Å²) in [5.41, 5.74) is 0.715. The number of aryl methyl sites for hydroxylation is 1. The predicted molar refractivity (Wildman–Crippen MR) is 67.8 cm³/mol. The van der Waals surface area contributed by atoms with Gasteiger partial charge in [0.25, 0.3) is 5.91 Å². The molecule has 2 N–H and O–H groups in total. The summed E-state index contributed by atoms with van der Waals surface area (Å²) in [4.78, 5) is 26.7. The van der Waals surface area contributed by atoms with E-state index in [1.165, 1.54) is 12.1 Å². The van der Waals surface area contributed by atoms with Crippen molar-refractivity contribution in [2.24, 2.45) is 0 Å². The molecule has 0 aliphatic carbocycles. The van der Waals surface area contributed by atoms with Gasteiger partial charge in [-0.05, 0) is 32.4 Å². The average Bonchev–Trinajstić information content (AvgIpc) is 2.28. The van der Waals surface area contributed by atoms with Crippen molar-refractivity contribution < 1.29 is 14.7 Å². The molecule has 1 amide bonds. The molecule has 0 saturated carbocycles. The second-order valence-corrected chi connectivity index (χ2v) is 4.30. The highest BCUT2D eigenvalue weighted by Gasteiger charge is 2.14. The van der Waals surface area contributed by atoms with Gasteiger partial charge in [0.1, 0.15) is 5.69 Å². The number of hydrogen-bond acceptors (Lipinski definition) is 3. The van der Waals surface area contributed by atoms with Crippen LogP contribution in [0.5, 0.6) is 0 Å². The number of hydrogen-bond donors (Lipinski definition) is 2. The molecular formula is C13H18N2O3. The van der Waals surface area contributed by atoms with Crippen molar-refractivity contribution in [2.75, 3.05) is 0 Å². The van der Waals surface area contributed by atoms with E-state index >= 15 is 0 Å². The molecule has 0 saturated heterocycles. The molecule has 1 atom stereocenters. The first-order valence-corrected chi connectivity index (χ1v) is 5.97. The maximum absolute atomic E-state index is 11.8. The van der Waals surface area contributed by atoms with E-state index in [0.717, 1.165) is 12.8 Å². The van der Waals surface area contributed by atoms with Gasteiger partial charge in [-0.25, -0.2) is 9.78 Å². The number of aromatic carboxylic acids is 1. The summed E-state index contributed by atoms with van der Waals surface area (Å²) in [6.07, 6.45) is 1.89. The standard InChI is InChI=1S/C13H18N2O3/c1-4-5-8(2)14-12(16)11-7-6-10(13(17)18)9(3)15-11/h6-8H,4-5H2,1-3H3,(H,14,16)(H,17,18). The molecule has 1 aromatic rings. The lowest BCUT2D eigenvalue weighted by Gasteiger charge is -2.12. The van der Waals surface area contributed by atoms with Gasteiger partial charge >= 0.3 is 5.97 Å². The minimum atomic E-state index is -1.04. The molecule has 1 aromatic heterocycles. The summed E-state index contributed by atoms with van der Waals surface area (Å²) in [5, 5.41) is 11.7. The van der Waals surface area contributed by atoms with Crippen LogP contribution in [0.4, 0.5) is 0 Å². The van der Waals surface area contributed by atoms with Gasteiger partial charge in [-0.2, -0.15) is 0 Å². The highest BCUT2D eigenvalue weighted by Crippen LogP contribution is 2.07. The quantitative estimate of drug-likeness (QED) is 0.837. The minimum absolute atomic E-state index is 0.0868. The van der Waals surface area contributed by atoms with Crippen molar-refractivity contribution in [1.29, 1.82) is 0 Å². The van der Waals surface area contributed by atoms with Gasteiger partial charge in [0.2, 0.25) is 0 Å². The van der Waals surface area contributed by atoms with Gasteiger partial charge in [0.05, 0.1) is 11.3 Å². The van der Waals surface area contributed by atoms with E-state index in [1.54, 1.807) is 6.92 Å². The van der Waals surface area contributed by atoms with Crippen LogP contribution in [0.25, 0.3) is 0 Å². The second kappa shape index (κ2) is 6.14. The van der Waals surface area contributed by atoms with Crippen LogP contribution >= 0.6 is 0 Å². The number of amides is 1. The van der Waals surface area contributed by atoms with Gasteiger partial charge in [-0.3, -0.25) is 4.79 Å². The Hall–Kier alpha value is -1.91. The van der Waals surface area contributed by atoms with E-state index in [1.807, 2.05) is 13.8 Å². The lowest BCUT2D eigenvalue weighted by Crippen LogP contribution is -2.33. The fraction of sp³-hybridized carbons (Fsp3) is 0.462. The fourth-order valence-electron chi connectivity index (χ4n) is 1.72. The summed E-state index contributed by atoms with van der Waals surface area (Å²) >= 11 is 0. The average molecular weight is 250 g/mol. The van der Waals surface area contributed by atoms with E-state index < -0.39 is 5.97 Å². The summed E-state index contributed by atoms with van der Waals surface area (Å²) in [6.45, 7) is 5.56. The Morgan fingerprint density at radius 3 is 2.61 bits per heavy atom. The first kappa shape index (κ1) is 14.2. The molecule has 0 radical (unpaired) electrons. The van der Waals surface area contributed by atoms with Crippen LogP contribution in [0.2, 0.25) is 0 Å². The number of carbonyl (C=O) groups is 2. The number of nitrogens with one attached hydrogen (secondary N) is 1. The lowest BCUT2D eigenvalue weighted by molar-refractivity contribution is 0.0694. The van der Waals surface area contributed by atoms with Crippen molar-refractivity contribution in [3.8, 4) is 0 Å². The van der Waals surface area contributed by atoms with E-state index in [2.05, 4.69) is 10.3 Å². The highest BCUT2D eigenvalue weighted by molar-refractivity contribution is 5.94. The fourth-order valence-corrected chi connectivity index (χ4v) is 1.72. The first-order chi connectivity index (χ1) is 8.45. The first-order valence-electron chi connectivity index (χ1n) is 5.97. The molecule has 1 heterocycles. The molecule has 5 nitrogen and oxygen atoms in total. The van der Waals surface area contributed by atoms with Crippen LogP contribution in [-0.2, 0) is 0 Å². The third-order valence-electron chi connectivity index (χ3n) is 2.65. The summed E-state index contributed by atoms with van der Waals surface area (Å²) in [7, 11) is 0. The topological polar surface area (TPSA) is 79.3 Å². The number of carboxylic acid groups (broad SMARTS) is 1. The number of nitrogens with zero attached hydrogens (tertiary/aromatic N) is 1. The summed E-state index contributed by atoms with van der Waals surface area (Å²) in [6, 6.07) is 2.93. The zero-order chi connectivity index (χ0) is 13.7. The zero-order valence-corrected chi connectivity index (χ0v) is 10.9. The van der Waals surface area contributed by atoms with E-state index in [9.17, 15) is 9.59 Å². The number of rotatable bonds is 5. The Kier molecular flexibility index (Phi) is 4.83. The van der Waals surface area contributed by atoms with Crippen molar-refractivity contribution in [3.05, 3.63) is 29.1 Å². The molecule has 98 valence electrons. The number of pyridine rings is 1. The molecule has 0 fully saturated rings.